The molecular formula is C8H10N2O2S. The third-order valence-corrected chi connectivity index (χ3v) is 2.01. The summed E-state index contributed by atoms with van der Waals surface area (Å²) in [7, 11) is 1.46. The number of carbonyl (C=O) groups is 1. The molecule has 1 aromatic rings. The van der Waals surface area contributed by atoms with Crippen molar-refractivity contribution in [1.82, 2.24) is 5.43 Å². The first-order valence-corrected chi connectivity index (χ1v) is 4.55. The SMILES string of the molecule is COCC(=O)N/N=C/c1cccs1. The Morgan fingerprint density at radius 3 is 3.31 bits per heavy atom. The molecule has 1 rings (SSSR count). The Labute approximate surface area is 80.2 Å². The minimum atomic E-state index is -0.254. The highest BCUT2D eigenvalue weighted by Gasteiger charge is 1.95. The molecule has 0 saturated heterocycles. The molecule has 4 nitrogen and oxygen atoms in total. The van der Waals surface area contributed by atoms with E-state index >= 15 is 0 Å². The van der Waals surface area contributed by atoms with Crippen molar-refractivity contribution < 1.29 is 9.53 Å². The number of nitrogens with zero attached hydrogens (tertiary/aromatic N) is 1. The van der Waals surface area contributed by atoms with Crippen molar-refractivity contribution in [2.75, 3.05) is 13.7 Å². The number of thiophene rings is 1. The van der Waals surface area contributed by atoms with Crippen LogP contribution >= 0.6 is 11.3 Å². The Kier molecular flexibility index (Phi) is 4.14. The summed E-state index contributed by atoms with van der Waals surface area (Å²) in [6.07, 6.45) is 1.60. The Morgan fingerprint density at radius 1 is 1.85 bits per heavy atom. The summed E-state index contributed by atoms with van der Waals surface area (Å²) in [6.45, 7) is 0.0295. The fraction of sp³-hybridized carbons (Fsp3) is 0.250. The average Bonchev–Trinajstić information content (AvgIpc) is 2.57. The van der Waals surface area contributed by atoms with Crippen LogP contribution < -0.4 is 5.43 Å². The van der Waals surface area contributed by atoms with Crippen molar-refractivity contribution in [3.05, 3.63) is 22.4 Å². The van der Waals surface area contributed by atoms with Gasteiger partial charge in [0.25, 0.3) is 5.91 Å². The van der Waals surface area contributed by atoms with Crippen LogP contribution in [0.25, 0.3) is 0 Å². The zero-order valence-corrected chi connectivity index (χ0v) is 8.00. The Bertz CT molecular complexity index is 282. The van der Waals surface area contributed by atoms with Gasteiger partial charge in [0, 0.05) is 12.0 Å². The van der Waals surface area contributed by atoms with E-state index in [2.05, 4.69) is 15.3 Å². The lowest BCUT2D eigenvalue weighted by atomic mass is 10.5. The van der Waals surface area contributed by atoms with E-state index < -0.39 is 0 Å². The van der Waals surface area contributed by atoms with Gasteiger partial charge in [-0.2, -0.15) is 5.10 Å². The molecule has 0 aromatic carbocycles. The zero-order chi connectivity index (χ0) is 9.52. The lowest BCUT2D eigenvalue weighted by molar-refractivity contribution is -0.124. The van der Waals surface area contributed by atoms with Crippen molar-refractivity contribution >= 4 is 23.5 Å². The summed E-state index contributed by atoms with van der Waals surface area (Å²) in [5.74, 6) is -0.254. The molecule has 5 heteroatoms. The van der Waals surface area contributed by atoms with E-state index in [0.717, 1.165) is 4.88 Å². The van der Waals surface area contributed by atoms with Gasteiger partial charge in [-0.1, -0.05) is 6.07 Å². The average molecular weight is 198 g/mol. The van der Waals surface area contributed by atoms with Crippen LogP contribution in [0.15, 0.2) is 22.6 Å². The number of rotatable bonds is 4. The number of methoxy groups -OCH3 is 1. The molecule has 13 heavy (non-hydrogen) atoms. The number of amides is 1. The van der Waals surface area contributed by atoms with Crippen LogP contribution in [-0.2, 0) is 9.53 Å². The van der Waals surface area contributed by atoms with E-state index in [-0.39, 0.29) is 12.5 Å². The largest absolute Gasteiger partial charge is 0.375 e. The molecular weight excluding hydrogens is 188 g/mol. The molecule has 0 unspecified atom stereocenters. The standard InChI is InChI=1S/C8H10N2O2S/c1-12-6-8(11)10-9-5-7-3-2-4-13-7/h2-5H,6H2,1H3,(H,10,11)/b9-5+. The van der Waals surface area contributed by atoms with E-state index in [4.69, 9.17) is 0 Å². The quantitative estimate of drug-likeness (QED) is 0.576. The van der Waals surface area contributed by atoms with Crippen LogP contribution in [0.3, 0.4) is 0 Å². The summed E-state index contributed by atoms with van der Waals surface area (Å²) in [6, 6.07) is 3.83. The molecule has 1 amide bonds. The van der Waals surface area contributed by atoms with E-state index in [1.165, 1.54) is 7.11 Å². The zero-order valence-electron chi connectivity index (χ0n) is 7.19. The van der Waals surface area contributed by atoms with Crippen molar-refractivity contribution in [2.45, 2.75) is 0 Å². The number of nitrogens with one attached hydrogen (secondary N) is 1. The highest BCUT2D eigenvalue weighted by Crippen LogP contribution is 2.03. The number of hydrazone groups is 1. The van der Waals surface area contributed by atoms with Gasteiger partial charge in [0.15, 0.2) is 0 Å². The van der Waals surface area contributed by atoms with Gasteiger partial charge in [-0.05, 0) is 11.4 Å². The van der Waals surface area contributed by atoms with Crippen LogP contribution in [0.2, 0.25) is 0 Å². The first kappa shape index (κ1) is 9.88. The molecule has 0 radical (unpaired) electrons. The molecule has 1 N–H and O–H groups in total. The fourth-order valence-electron chi connectivity index (χ4n) is 0.696. The van der Waals surface area contributed by atoms with Crippen LogP contribution in [0.5, 0.6) is 0 Å². The molecule has 1 heterocycles. The predicted molar refractivity (Wildman–Crippen MR) is 51.9 cm³/mol. The molecule has 0 spiro atoms. The molecule has 0 fully saturated rings. The van der Waals surface area contributed by atoms with Crippen LogP contribution in [-0.4, -0.2) is 25.8 Å². The second-order valence-electron chi connectivity index (χ2n) is 2.24. The normalized spacial score (nSPS) is 10.5. The smallest absolute Gasteiger partial charge is 0.266 e. The van der Waals surface area contributed by atoms with Crippen molar-refractivity contribution in [1.29, 1.82) is 0 Å². The number of hydrogen-bond donors (Lipinski definition) is 1. The van der Waals surface area contributed by atoms with Gasteiger partial charge in [0.05, 0.1) is 6.21 Å². The van der Waals surface area contributed by atoms with E-state index in [0.29, 0.717) is 0 Å². The number of hydrogen-bond acceptors (Lipinski definition) is 4. The third kappa shape index (κ3) is 3.82. The van der Waals surface area contributed by atoms with Gasteiger partial charge in [0.2, 0.25) is 0 Å². The van der Waals surface area contributed by atoms with Crippen molar-refractivity contribution in [2.24, 2.45) is 5.10 Å². The lowest BCUT2D eigenvalue weighted by Gasteiger charge is -1.95. The minimum absolute atomic E-state index is 0.0295. The molecule has 0 atom stereocenters. The second kappa shape index (κ2) is 5.45. The maximum absolute atomic E-state index is 10.8. The Balaban J connectivity index is 2.30. The topological polar surface area (TPSA) is 50.7 Å². The summed E-state index contributed by atoms with van der Waals surface area (Å²) in [4.78, 5) is 11.8. The molecule has 1 aromatic heterocycles. The third-order valence-electron chi connectivity index (χ3n) is 1.20. The van der Waals surface area contributed by atoms with Crippen LogP contribution in [0.1, 0.15) is 4.88 Å². The van der Waals surface area contributed by atoms with E-state index in [9.17, 15) is 4.79 Å². The highest BCUT2D eigenvalue weighted by molar-refractivity contribution is 7.11. The van der Waals surface area contributed by atoms with Gasteiger partial charge < -0.3 is 4.74 Å². The first-order valence-electron chi connectivity index (χ1n) is 3.67. The minimum Gasteiger partial charge on any atom is -0.375 e. The van der Waals surface area contributed by atoms with Gasteiger partial charge >= 0.3 is 0 Å². The highest BCUT2D eigenvalue weighted by atomic mass is 32.1. The Morgan fingerprint density at radius 2 is 2.69 bits per heavy atom. The first-order chi connectivity index (χ1) is 6.33. The van der Waals surface area contributed by atoms with Gasteiger partial charge in [-0.15, -0.1) is 11.3 Å². The molecule has 0 aliphatic heterocycles. The number of carbonyl (C=O) groups excluding carboxylic acids is 1. The van der Waals surface area contributed by atoms with Gasteiger partial charge in [-0.25, -0.2) is 5.43 Å². The molecule has 70 valence electrons. The van der Waals surface area contributed by atoms with E-state index in [1.54, 1.807) is 17.6 Å². The second-order valence-corrected chi connectivity index (χ2v) is 3.22. The fourth-order valence-corrected chi connectivity index (χ4v) is 1.28. The van der Waals surface area contributed by atoms with Crippen molar-refractivity contribution in [3.8, 4) is 0 Å². The summed E-state index contributed by atoms with van der Waals surface area (Å²) < 4.78 is 4.61. The maximum Gasteiger partial charge on any atom is 0.266 e. The van der Waals surface area contributed by atoms with Crippen LogP contribution in [0, 0.1) is 0 Å². The summed E-state index contributed by atoms with van der Waals surface area (Å²) >= 11 is 1.56. The van der Waals surface area contributed by atoms with Crippen molar-refractivity contribution in [3.63, 3.8) is 0 Å². The lowest BCUT2D eigenvalue weighted by Crippen LogP contribution is -2.22. The Hall–Kier alpha value is -1.20. The molecule has 0 bridgehead atoms. The predicted octanol–water partition coefficient (Wildman–Crippen LogP) is 0.845. The van der Waals surface area contributed by atoms with Gasteiger partial charge in [-0.3, -0.25) is 4.79 Å². The monoisotopic (exact) mass is 198 g/mol. The number of ether oxygens (including phenoxy) is 1. The molecule has 0 aliphatic rings. The summed E-state index contributed by atoms with van der Waals surface area (Å²) in [5.41, 5.74) is 2.33. The van der Waals surface area contributed by atoms with Gasteiger partial charge in [0.1, 0.15) is 6.61 Å². The maximum atomic E-state index is 10.8. The molecule has 0 aliphatic carbocycles. The molecule has 0 saturated carbocycles. The van der Waals surface area contributed by atoms with Crippen LogP contribution in [0.4, 0.5) is 0 Å². The summed E-state index contributed by atoms with van der Waals surface area (Å²) in [5, 5.41) is 5.68. The van der Waals surface area contributed by atoms with E-state index in [1.807, 2.05) is 17.5 Å².